The molecule has 0 heterocycles. The molecule has 0 fully saturated rings. The van der Waals surface area contributed by atoms with Crippen molar-refractivity contribution in [2.24, 2.45) is 0 Å². The highest BCUT2D eigenvalue weighted by molar-refractivity contribution is 9.10. The van der Waals surface area contributed by atoms with Gasteiger partial charge in [-0.25, -0.2) is 0 Å². The summed E-state index contributed by atoms with van der Waals surface area (Å²) in [5.74, 6) is 0. The number of halogens is 3. The number of benzene rings is 1. The van der Waals surface area contributed by atoms with Crippen molar-refractivity contribution in [1.82, 2.24) is 0 Å². The summed E-state index contributed by atoms with van der Waals surface area (Å²) in [6, 6.07) is 6.00. The second-order valence-corrected chi connectivity index (χ2v) is 4.34. The minimum atomic E-state index is 0.535. The van der Waals surface area contributed by atoms with Crippen LogP contribution in [0, 0.1) is 6.92 Å². The van der Waals surface area contributed by atoms with Crippen molar-refractivity contribution in [1.29, 1.82) is 0 Å². The van der Waals surface area contributed by atoms with E-state index in [4.69, 9.17) is 23.2 Å². The fourth-order valence-corrected chi connectivity index (χ4v) is 1.55. The standard InChI is InChI=1S/C10H10BrCl2N/c1-7-3-2-4-9(10(7)11)14-6-8(13)5-12/h2-5,14H,6H2,1H3/b8-5-. The summed E-state index contributed by atoms with van der Waals surface area (Å²) in [4.78, 5) is 0. The van der Waals surface area contributed by atoms with E-state index in [0.29, 0.717) is 11.6 Å². The van der Waals surface area contributed by atoms with Crippen LogP contribution >= 0.6 is 39.1 Å². The Kier molecular flexibility index (Phi) is 4.79. The van der Waals surface area contributed by atoms with Crippen LogP contribution in [-0.4, -0.2) is 6.54 Å². The maximum Gasteiger partial charge on any atom is 0.0517 e. The molecular formula is C10H10BrCl2N. The predicted octanol–water partition coefficient (Wildman–Crippen LogP) is 4.49. The van der Waals surface area contributed by atoms with Crippen LogP contribution < -0.4 is 5.32 Å². The van der Waals surface area contributed by atoms with E-state index < -0.39 is 0 Å². The van der Waals surface area contributed by atoms with E-state index in [9.17, 15) is 0 Å². The van der Waals surface area contributed by atoms with Crippen molar-refractivity contribution >= 4 is 44.8 Å². The molecule has 1 aromatic carbocycles. The molecule has 14 heavy (non-hydrogen) atoms. The van der Waals surface area contributed by atoms with E-state index in [1.807, 2.05) is 25.1 Å². The van der Waals surface area contributed by atoms with Crippen LogP contribution in [0.3, 0.4) is 0 Å². The Bertz CT molecular complexity index is 350. The van der Waals surface area contributed by atoms with E-state index in [0.717, 1.165) is 10.2 Å². The molecule has 1 aromatic rings. The van der Waals surface area contributed by atoms with Gasteiger partial charge in [0.1, 0.15) is 0 Å². The van der Waals surface area contributed by atoms with Crippen LogP contribution in [0.5, 0.6) is 0 Å². The zero-order valence-electron chi connectivity index (χ0n) is 7.65. The number of rotatable bonds is 3. The molecular weight excluding hydrogens is 285 g/mol. The third-order valence-corrected chi connectivity index (χ3v) is 3.43. The number of aryl methyl sites for hydroxylation is 1. The molecule has 0 aliphatic heterocycles. The Morgan fingerprint density at radius 3 is 2.93 bits per heavy atom. The van der Waals surface area contributed by atoms with E-state index >= 15 is 0 Å². The summed E-state index contributed by atoms with van der Waals surface area (Å²) in [6.45, 7) is 2.57. The quantitative estimate of drug-likeness (QED) is 0.866. The van der Waals surface area contributed by atoms with Gasteiger partial charge in [0.2, 0.25) is 0 Å². The van der Waals surface area contributed by atoms with Gasteiger partial charge < -0.3 is 5.32 Å². The second-order valence-electron chi connectivity index (χ2n) is 2.85. The van der Waals surface area contributed by atoms with Gasteiger partial charge in [0.05, 0.1) is 6.54 Å². The van der Waals surface area contributed by atoms with E-state index in [1.54, 1.807) is 0 Å². The maximum absolute atomic E-state index is 5.76. The van der Waals surface area contributed by atoms with Gasteiger partial charge in [-0.1, -0.05) is 35.3 Å². The molecule has 0 atom stereocenters. The van der Waals surface area contributed by atoms with Crippen LogP contribution in [0.25, 0.3) is 0 Å². The van der Waals surface area contributed by atoms with Gasteiger partial charge in [0.25, 0.3) is 0 Å². The summed E-state index contributed by atoms with van der Waals surface area (Å²) >= 11 is 14.7. The number of hydrogen-bond acceptors (Lipinski definition) is 1. The maximum atomic E-state index is 5.76. The summed E-state index contributed by atoms with van der Waals surface area (Å²) < 4.78 is 1.05. The molecule has 4 heteroatoms. The van der Waals surface area contributed by atoms with Gasteiger partial charge in [-0.3, -0.25) is 0 Å². The monoisotopic (exact) mass is 293 g/mol. The van der Waals surface area contributed by atoms with Crippen LogP contribution in [0.2, 0.25) is 0 Å². The highest BCUT2D eigenvalue weighted by Crippen LogP contribution is 2.25. The fourth-order valence-electron chi connectivity index (χ4n) is 1.00. The van der Waals surface area contributed by atoms with Gasteiger partial charge in [-0.2, -0.15) is 0 Å². The Morgan fingerprint density at radius 2 is 2.29 bits per heavy atom. The van der Waals surface area contributed by atoms with Crippen LogP contribution in [0.1, 0.15) is 5.56 Å². The lowest BCUT2D eigenvalue weighted by Gasteiger charge is -2.09. The molecule has 1 rings (SSSR count). The lowest BCUT2D eigenvalue weighted by Crippen LogP contribution is -2.02. The largest absolute Gasteiger partial charge is 0.379 e. The first-order valence-electron chi connectivity index (χ1n) is 4.09. The first-order valence-corrected chi connectivity index (χ1v) is 5.69. The second kappa shape index (κ2) is 5.64. The van der Waals surface area contributed by atoms with Gasteiger partial charge in [0, 0.05) is 20.7 Å². The molecule has 0 bridgehead atoms. The summed E-state index contributed by atoms with van der Waals surface area (Å²) in [7, 11) is 0. The van der Waals surface area contributed by atoms with Crippen LogP contribution in [0.15, 0.2) is 33.2 Å². The van der Waals surface area contributed by atoms with Gasteiger partial charge in [-0.15, -0.1) is 0 Å². The molecule has 0 radical (unpaired) electrons. The fraction of sp³-hybridized carbons (Fsp3) is 0.200. The first-order chi connectivity index (χ1) is 6.65. The van der Waals surface area contributed by atoms with Crippen molar-refractivity contribution in [2.75, 3.05) is 11.9 Å². The smallest absolute Gasteiger partial charge is 0.0517 e. The molecule has 0 aliphatic rings. The molecule has 76 valence electrons. The Labute approximate surface area is 102 Å². The SMILES string of the molecule is Cc1cccc(NC/C(Cl)=C/Cl)c1Br. The summed E-state index contributed by atoms with van der Waals surface area (Å²) in [6.07, 6.45) is 0. The highest BCUT2D eigenvalue weighted by atomic mass is 79.9. The third-order valence-electron chi connectivity index (χ3n) is 1.76. The Morgan fingerprint density at radius 1 is 1.57 bits per heavy atom. The molecule has 1 N–H and O–H groups in total. The summed E-state index contributed by atoms with van der Waals surface area (Å²) in [5, 5.41) is 3.76. The molecule has 0 aromatic heterocycles. The van der Waals surface area contributed by atoms with Crippen LogP contribution in [0.4, 0.5) is 5.69 Å². The number of anilines is 1. The average molecular weight is 295 g/mol. The van der Waals surface area contributed by atoms with Gasteiger partial charge >= 0.3 is 0 Å². The first kappa shape index (κ1) is 11.9. The van der Waals surface area contributed by atoms with E-state index in [1.165, 1.54) is 11.1 Å². The van der Waals surface area contributed by atoms with Gasteiger partial charge in [-0.05, 0) is 34.5 Å². The zero-order valence-corrected chi connectivity index (χ0v) is 10.7. The molecule has 0 saturated carbocycles. The molecule has 0 aliphatic carbocycles. The van der Waals surface area contributed by atoms with Crippen molar-refractivity contribution < 1.29 is 0 Å². The number of hydrogen-bond donors (Lipinski definition) is 1. The van der Waals surface area contributed by atoms with Gasteiger partial charge in [0.15, 0.2) is 0 Å². The molecule has 0 spiro atoms. The third kappa shape index (κ3) is 3.19. The highest BCUT2D eigenvalue weighted by Gasteiger charge is 2.01. The van der Waals surface area contributed by atoms with E-state index in [-0.39, 0.29) is 0 Å². The van der Waals surface area contributed by atoms with Crippen LogP contribution in [-0.2, 0) is 0 Å². The van der Waals surface area contributed by atoms with E-state index in [2.05, 4.69) is 21.2 Å². The molecule has 1 nitrogen and oxygen atoms in total. The molecule has 0 amide bonds. The Hall–Kier alpha value is -0.180. The topological polar surface area (TPSA) is 12.0 Å². The minimum Gasteiger partial charge on any atom is -0.379 e. The Balaban J connectivity index is 2.73. The van der Waals surface area contributed by atoms with Crippen molar-refractivity contribution in [3.8, 4) is 0 Å². The number of nitrogens with one attached hydrogen (secondary N) is 1. The van der Waals surface area contributed by atoms with Crippen molar-refractivity contribution in [2.45, 2.75) is 6.92 Å². The lowest BCUT2D eigenvalue weighted by atomic mass is 10.2. The lowest BCUT2D eigenvalue weighted by molar-refractivity contribution is 1.29. The predicted molar refractivity (Wildman–Crippen MR) is 67.2 cm³/mol. The molecule has 0 unspecified atom stereocenters. The normalized spacial score (nSPS) is 11.6. The average Bonchev–Trinajstić information content (AvgIpc) is 2.20. The van der Waals surface area contributed by atoms with Crippen molar-refractivity contribution in [3.63, 3.8) is 0 Å². The summed E-state index contributed by atoms with van der Waals surface area (Å²) in [5.41, 5.74) is 3.56. The molecule has 0 saturated heterocycles. The minimum absolute atomic E-state index is 0.535. The van der Waals surface area contributed by atoms with Crippen molar-refractivity contribution in [3.05, 3.63) is 38.8 Å². The zero-order chi connectivity index (χ0) is 10.6.